The summed E-state index contributed by atoms with van der Waals surface area (Å²) in [4.78, 5) is 25.0. The maximum Gasteiger partial charge on any atom is 0.323 e. The molecule has 1 aromatic heterocycles. The second kappa shape index (κ2) is 6.14. The number of hydrogen-bond donors (Lipinski definition) is 2. The predicted molar refractivity (Wildman–Crippen MR) is 98.5 cm³/mol. The van der Waals surface area contributed by atoms with Gasteiger partial charge in [0.05, 0.1) is 10.6 Å². The van der Waals surface area contributed by atoms with Crippen LogP contribution in [0.5, 0.6) is 0 Å². The maximum atomic E-state index is 12.4. The molecule has 0 bridgehead atoms. The van der Waals surface area contributed by atoms with E-state index in [0.29, 0.717) is 4.91 Å². The van der Waals surface area contributed by atoms with Gasteiger partial charge in [-0.05, 0) is 24.3 Å². The number of anilines is 1. The Morgan fingerprint density at radius 2 is 1.92 bits per heavy atom. The number of aliphatic carboxylic acids is 1. The van der Waals surface area contributed by atoms with Crippen LogP contribution in [0.25, 0.3) is 17.0 Å². The number of nitrogens with zero attached hydrogens (tertiary/aromatic N) is 1. The van der Waals surface area contributed by atoms with Gasteiger partial charge in [-0.2, -0.15) is 0 Å². The summed E-state index contributed by atoms with van der Waals surface area (Å²) in [7, 11) is 0. The monoisotopic (exact) mass is 350 g/mol. The van der Waals surface area contributed by atoms with Crippen LogP contribution in [0, 0.1) is 0 Å². The van der Waals surface area contributed by atoms with Gasteiger partial charge < -0.3 is 15.0 Å². The van der Waals surface area contributed by atoms with Gasteiger partial charge in [0.15, 0.2) is 0 Å². The Balaban J connectivity index is 1.79. The van der Waals surface area contributed by atoms with Crippen LogP contribution < -0.4 is 5.32 Å². The summed E-state index contributed by atoms with van der Waals surface area (Å²) in [6, 6.07) is 15.2. The number of carbonyl (C=O) groups excluding carboxylic acids is 1. The molecule has 1 amide bonds. The summed E-state index contributed by atoms with van der Waals surface area (Å²) in [5.41, 5.74) is 2.47. The van der Waals surface area contributed by atoms with E-state index in [0.717, 1.165) is 27.0 Å². The van der Waals surface area contributed by atoms with E-state index < -0.39 is 5.97 Å². The third-order valence-corrected chi connectivity index (χ3v) is 5.09. The van der Waals surface area contributed by atoms with Gasteiger partial charge in [-0.3, -0.25) is 9.59 Å². The number of benzene rings is 2. The first-order chi connectivity index (χ1) is 12.1. The van der Waals surface area contributed by atoms with Crippen LogP contribution in [0.3, 0.4) is 0 Å². The minimum atomic E-state index is -0.904. The summed E-state index contributed by atoms with van der Waals surface area (Å²) < 4.78 is 1.68. The first kappa shape index (κ1) is 15.5. The number of rotatable bonds is 3. The van der Waals surface area contributed by atoms with E-state index in [9.17, 15) is 9.59 Å². The van der Waals surface area contributed by atoms with E-state index in [1.165, 1.54) is 11.8 Å². The molecule has 0 aliphatic carbocycles. The highest BCUT2D eigenvalue weighted by Crippen LogP contribution is 2.39. The van der Waals surface area contributed by atoms with Crippen molar-refractivity contribution in [3.05, 3.63) is 65.2 Å². The van der Waals surface area contributed by atoms with Crippen LogP contribution >= 0.6 is 11.8 Å². The fraction of sp³-hybridized carbons (Fsp3) is 0.0526. The molecule has 5 nitrogen and oxygen atoms in total. The fourth-order valence-electron chi connectivity index (χ4n) is 2.91. The molecule has 4 rings (SSSR count). The number of fused-ring (bicyclic) bond motifs is 2. The minimum Gasteiger partial charge on any atom is -0.480 e. The Kier molecular flexibility index (Phi) is 3.82. The average Bonchev–Trinajstić information content (AvgIpc) is 2.93. The second-order valence-corrected chi connectivity index (χ2v) is 6.77. The van der Waals surface area contributed by atoms with Crippen molar-refractivity contribution >= 4 is 46.3 Å². The summed E-state index contributed by atoms with van der Waals surface area (Å²) in [5, 5.41) is 12.9. The van der Waals surface area contributed by atoms with Gasteiger partial charge in [0.2, 0.25) is 0 Å². The molecule has 0 saturated heterocycles. The van der Waals surface area contributed by atoms with Gasteiger partial charge in [-0.25, -0.2) is 0 Å². The first-order valence-electron chi connectivity index (χ1n) is 7.71. The van der Waals surface area contributed by atoms with E-state index >= 15 is 0 Å². The molecule has 0 fully saturated rings. The van der Waals surface area contributed by atoms with Crippen LogP contribution in [0.2, 0.25) is 0 Å². The van der Waals surface area contributed by atoms with Crippen LogP contribution in [0.1, 0.15) is 5.56 Å². The van der Waals surface area contributed by atoms with Gasteiger partial charge in [-0.1, -0.05) is 42.1 Å². The number of aromatic nitrogens is 1. The molecule has 1 aliphatic heterocycles. The van der Waals surface area contributed by atoms with Crippen LogP contribution in [0.15, 0.2) is 64.5 Å². The molecule has 0 unspecified atom stereocenters. The van der Waals surface area contributed by atoms with Crippen molar-refractivity contribution in [2.45, 2.75) is 11.4 Å². The number of carboxylic acid groups (broad SMARTS) is 1. The third kappa shape index (κ3) is 2.92. The van der Waals surface area contributed by atoms with E-state index in [4.69, 9.17) is 5.11 Å². The summed E-state index contributed by atoms with van der Waals surface area (Å²) >= 11 is 1.42. The number of hydrogen-bond acceptors (Lipinski definition) is 3. The quantitative estimate of drug-likeness (QED) is 0.705. The van der Waals surface area contributed by atoms with E-state index in [-0.39, 0.29) is 12.5 Å². The lowest BCUT2D eigenvalue weighted by atomic mass is 10.1. The lowest BCUT2D eigenvalue weighted by molar-refractivity contribution is -0.137. The Hall–Kier alpha value is -2.99. The summed E-state index contributed by atoms with van der Waals surface area (Å²) in [6.07, 6.45) is 3.59. The molecule has 6 heteroatoms. The molecule has 124 valence electrons. The van der Waals surface area contributed by atoms with Crippen LogP contribution in [-0.4, -0.2) is 21.6 Å². The molecule has 0 radical (unpaired) electrons. The molecular formula is C19H14N2O3S. The van der Waals surface area contributed by atoms with Crippen molar-refractivity contribution in [2.24, 2.45) is 0 Å². The van der Waals surface area contributed by atoms with Crippen molar-refractivity contribution in [3.63, 3.8) is 0 Å². The molecular weight excluding hydrogens is 336 g/mol. The number of thioether (sulfide) groups is 1. The highest BCUT2D eigenvalue weighted by atomic mass is 32.2. The molecule has 1 aliphatic rings. The fourth-order valence-corrected chi connectivity index (χ4v) is 3.85. The molecule has 2 aromatic carbocycles. The Labute approximate surface area is 148 Å². The van der Waals surface area contributed by atoms with E-state index in [2.05, 4.69) is 5.32 Å². The minimum absolute atomic E-state index is 0.119. The molecule has 0 atom stereocenters. The smallest absolute Gasteiger partial charge is 0.323 e. The molecule has 0 spiro atoms. The topological polar surface area (TPSA) is 71.3 Å². The number of para-hydroxylation sites is 2. The zero-order valence-corrected chi connectivity index (χ0v) is 13.9. The molecule has 2 N–H and O–H groups in total. The van der Waals surface area contributed by atoms with E-state index in [1.807, 2.05) is 54.6 Å². The first-order valence-corrected chi connectivity index (χ1v) is 8.53. The van der Waals surface area contributed by atoms with Crippen molar-refractivity contribution in [2.75, 3.05) is 5.32 Å². The number of carboxylic acids is 1. The van der Waals surface area contributed by atoms with Gasteiger partial charge in [-0.15, -0.1) is 0 Å². The predicted octanol–water partition coefficient (Wildman–Crippen LogP) is 3.81. The normalized spacial score (nSPS) is 15.2. The van der Waals surface area contributed by atoms with Crippen molar-refractivity contribution < 1.29 is 14.7 Å². The molecule has 0 saturated carbocycles. The lowest BCUT2D eigenvalue weighted by Gasteiger charge is -2.18. The van der Waals surface area contributed by atoms with Gasteiger partial charge in [0, 0.05) is 27.6 Å². The molecule has 3 aromatic rings. The zero-order valence-electron chi connectivity index (χ0n) is 13.1. The van der Waals surface area contributed by atoms with Crippen molar-refractivity contribution in [1.82, 2.24) is 4.57 Å². The summed E-state index contributed by atoms with van der Waals surface area (Å²) in [5.74, 6) is -1.06. The average molecular weight is 350 g/mol. The molecule has 25 heavy (non-hydrogen) atoms. The Morgan fingerprint density at radius 1 is 1.16 bits per heavy atom. The number of amides is 1. The highest BCUT2D eigenvalue weighted by Gasteiger charge is 2.21. The third-order valence-electron chi connectivity index (χ3n) is 3.99. The maximum absolute atomic E-state index is 12.4. The van der Waals surface area contributed by atoms with Crippen molar-refractivity contribution in [3.8, 4) is 0 Å². The van der Waals surface area contributed by atoms with Crippen molar-refractivity contribution in [1.29, 1.82) is 0 Å². The molecule has 2 heterocycles. The Bertz CT molecular complexity index is 1040. The Morgan fingerprint density at radius 3 is 2.76 bits per heavy atom. The zero-order chi connectivity index (χ0) is 17.4. The van der Waals surface area contributed by atoms with Gasteiger partial charge in [0.25, 0.3) is 5.91 Å². The van der Waals surface area contributed by atoms with Gasteiger partial charge >= 0.3 is 5.97 Å². The largest absolute Gasteiger partial charge is 0.480 e. The van der Waals surface area contributed by atoms with Crippen LogP contribution in [-0.2, 0) is 16.1 Å². The van der Waals surface area contributed by atoms with E-state index in [1.54, 1.807) is 10.8 Å². The van der Waals surface area contributed by atoms with Gasteiger partial charge in [0.1, 0.15) is 6.54 Å². The highest BCUT2D eigenvalue weighted by molar-refractivity contribution is 8.04. The van der Waals surface area contributed by atoms with Crippen LogP contribution in [0.4, 0.5) is 5.69 Å². The standard InChI is InChI=1S/C19H14N2O3S/c22-18(23)11-21-10-12(13-5-1-3-7-15(13)21)9-17-19(24)20-14-6-2-4-8-16(14)25-17/h1-10H,11H2,(H,20,24)(H,22,23). The summed E-state index contributed by atoms with van der Waals surface area (Å²) in [6.45, 7) is -0.119. The number of carbonyl (C=O) groups is 2. The lowest BCUT2D eigenvalue weighted by Crippen LogP contribution is -2.17. The SMILES string of the molecule is O=C(O)Cn1cc(C=C2Sc3ccccc3NC2=O)c2ccccc21. The second-order valence-electron chi connectivity index (χ2n) is 5.68. The number of nitrogens with one attached hydrogen (secondary N) is 1.